The first-order valence-electron chi connectivity index (χ1n) is 25.8. The van der Waals surface area contributed by atoms with Gasteiger partial charge in [-0.15, -0.1) is 0 Å². The van der Waals surface area contributed by atoms with Crippen LogP contribution in [0.5, 0.6) is 0 Å². The van der Waals surface area contributed by atoms with Gasteiger partial charge in [-0.1, -0.05) is 33.1 Å². The molecule has 0 aromatic carbocycles. The molecule has 1 fully saturated rings. The fourth-order valence-corrected chi connectivity index (χ4v) is 7.77. The predicted molar refractivity (Wildman–Crippen MR) is 276 cm³/mol. The Hall–Kier alpha value is -0.920. The topological polar surface area (TPSA) is 367 Å². The first-order chi connectivity index (χ1) is 33.1. The van der Waals surface area contributed by atoms with Crippen molar-refractivity contribution >= 4 is 0 Å². The van der Waals surface area contributed by atoms with Crippen LogP contribution in [-0.4, -0.2) is 276 Å². The van der Waals surface area contributed by atoms with Crippen molar-refractivity contribution in [3.05, 3.63) is 0 Å². The molecule has 0 aromatic heterocycles. The fourth-order valence-electron chi connectivity index (χ4n) is 7.77. The molecule has 0 aliphatic heterocycles. The molecular formula is C45H108N16O7. The van der Waals surface area contributed by atoms with Crippen LogP contribution >= 0.6 is 0 Å². The summed E-state index contributed by atoms with van der Waals surface area (Å²) in [5, 5.41) is 47.9. The highest BCUT2D eigenvalue weighted by Gasteiger charge is 2.35. The molecule has 1 saturated carbocycles. The van der Waals surface area contributed by atoms with E-state index in [0.29, 0.717) is 117 Å². The molecule has 410 valence electrons. The van der Waals surface area contributed by atoms with Gasteiger partial charge in [-0.25, -0.2) is 5.01 Å². The highest BCUT2D eigenvalue weighted by atomic mass is 16.5. The Kier molecular flexibility index (Phi) is 46.5. The summed E-state index contributed by atoms with van der Waals surface area (Å²) in [5.74, 6) is 6.80. The molecular weight excluding hydrogens is 877 g/mol. The van der Waals surface area contributed by atoms with Crippen molar-refractivity contribution in [2.75, 3.05) is 223 Å². The normalized spacial score (nSPS) is 16.0. The Bertz CT molecular complexity index is 1000. The summed E-state index contributed by atoms with van der Waals surface area (Å²) in [6, 6.07) is 0. The maximum absolute atomic E-state index is 11.0. The van der Waals surface area contributed by atoms with E-state index in [1.807, 2.05) is 13.8 Å². The van der Waals surface area contributed by atoms with Gasteiger partial charge < -0.3 is 95.7 Å². The molecule has 1 aliphatic carbocycles. The van der Waals surface area contributed by atoms with Crippen LogP contribution in [0.25, 0.3) is 0 Å². The average molecular weight is 985 g/mol. The van der Waals surface area contributed by atoms with Crippen molar-refractivity contribution in [1.29, 1.82) is 0 Å². The molecule has 4 unspecified atom stereocenters. The SMILES string of the molecule is CC.NCCN(N)CCNCC(O)COCC(COCC(O)CNCCN(CCN)CCN)(COCC(O)CNCCN(CCN)CCN)COCC(CNCCN(CCN)CCN)C1CCC1. The lowest BCUT2D eigenvalue weighted by Gasteiger charge is -2.37. The molecule has 23 N–H and O–H groups in total. The van der Waals surface area contributed by atoms with Gasteiger partial charge in [0.05, 0.1) is 76.6 Å². The number of hydrogen-bond acceptors (Lipinski definition) is 23. The molecule has 0 spiro atoms. The molecule has 0 saturated heterocycles. The van der Waals surface area contributed by atoms with Crippen LogP contribution in [0.15, 0.2) is 0 Å². The molecule has 23 nitrogen and oxygen atoms in total. The monoisotopic (exact) mass is 985 g/mol. The number of hydrogen-bond donors (Lipinski definition) is 15. The van der Waals surface area contributed by atoms with Gasteiger partial charge in [0, 0.05) is 170 Å². The van der Waals surface area contributed by atoms with Crippen LogP contribution in [0.4, 0.5) is 0 Å². The third kappa shape index (κ3) is 36.1. The van der Waals surface area contributed by atoms with Crippen molar-refractivity contribution in [1.82, 2.24) is 41.0 Å². The van der Waals surface area contributed by atoms with Crippen LogP contribution in [0.2, 0.25) is 0 Å². The summed E-state index contributed by atoms with van der Waals surface area (Å²) in [6.07, 6.45) is 1.21. The lowest BCUT2D eigenvalue weighted by molar-refractivity contribution is -0.130. The van der Waals surface area contributed by atoms with Crippen molar-refractivity contribution in [2.24, 2.45) is 63.2 Å². The predicted octanol–water partition coefficient (Wildman–Crippen LogP) is -6.28. The van der Waals surface area contributed by atoms with Gasteiger partial charge in [-0.2, -0.15) is 0 Å². The molecule has 23 heteroatoms. The molecule has 1 aliphatic rings. The van der Waals surface area contributed by atoms with Gasteiger partial charge in [-0.3, -0.25) is 20.5 Å². The lowest BCUT2D eigenvalue weighted by Crippen LogP contribution is -2.46. The fraction of sp³-hybridized carbons (Fsp3) is 1.00. The third-order valence-electron chi connectivity index (χ3n) is 11.7. The molecule has 0 heterocycles. The number of rotatable bonds is 51. The maximum Gasteiger partial charge on any atom is 0.0897 e. The van der Waals surface area contributed by atoms with Gasteiger partial charge in [0.25, 0.3) is 0 Å². The zero-order chi connectivity index (χ0) is 50.5. The van der Waals surface area contributed by atoms with Crippen LogP contribution in [0, 0.1) is 17.3 Å². The summed E-state index contributed by atoms with van der Waals surface area (Å²) in [4.78, 5) is 6.65. The van der Waals surface area contributed by atoms with E-state index >= 15 is 0 Å². The van der Waals surface area contributed by atoms with Crippen LogP contribution in [0.3, 0.4) is 0 Å². The molecule has 0 radical (unpaired) electrons. The number of aliphatic hydroxyl groups excluding tert-OH is 3. The Labute approximate surface area is 412 Å². The van der Waals surface area contributed by atoms with E-state index in [-0.39, 0.29) is 46.2 Å². The zero-order valence-corrected chi connectivity index (χ0v) is 42.9. The number of nitrogens with two attached hydrogens (primary N) is 8. The first kappa shape index (κ1) is 67.1. The van der Waals surface area contributed by atoms with E-state index in [1.165, 1.54) is 19.3 Å². The minimum Gasteiger partial charge on any atom is -0.389 e. The average Bonchev–Trinajstić information content (AvgIpc) is 3.30. The van der Waals surface area contributed by atoms with E-state index in [4.69, 9.17) is 64.9 Å². The Balaban J connectivity index is 0.0000221. The summed E-state index contributed by atoms with van der Waals surface area (Å²) in [7, 11) is 0. The Morgan fingerprint density at radius 1 is 0.456 bits per heavy atom. The third-order valence-corrected chi connectivity index (χ3v) is 11.7. The van der Waals surface area contributed by atoms with E-state index < -0.39 is 23.7 Å². The van der Waals surface area contributed by atoms with Gasteiger partial charge in [0.15, 0.2) is 0 Å². The van der Waals surface area contributed by atoms with Crippen molar-refractivity contribution in [3.8, 4) is 0 Å². The van der Waals surface area contributed by atoms with Crippen molar-refractivity contribution < 1.29 is 34.3 Å². The minimum atomic E-state index is -0.839. The van der Waals surface area contributed by atoms with E-state index in [1.54, 1.807) is 5.01 Å². The van der Waals surface area contributed by atoms with E-state index in [2.05, 4.69) is 36.0 Å². The minimum absolute atomic E-state index is 0.0551. The molecule has 0 amide bonds. The van der Waals surface area contributed by atoms with Crippen LogP contribution in [-0.2, 0) is 18.9 Å². The van der Waals surface area contributed by atoms with Gasteiger partial charge in [0.2, 0.25) is 0 Å². The summed E-state index contributed by atoms with van der Waals surface area (Å²) < 4.78 is 25.4. The molecule has 4 atom stereocenters. The van der Waals surface area contributed by atoms with E-state index in [0.717, 1.165) is 72.0 Å². The van der Waals surface area contributed by atoms with Gasteiger partial charge >= 0.3 is 0 Å². The molecule has 68 heavy (non-hydrogen) atoms. The zero-order valence-electron chi connectivity index (χ0n) is 42.9. The second kappa shape index (κ2) is 47.1. The second-order valence-corrected chi connectivity index (χ2v) is 17.9. The van der Waals surface area contributed by atoms with Gasteiger partial charge in [-0.05, 0) is 11.8 Å². The molecule has 0 bridgehead atoms. The number of nitrogens with zero attached hydrogens (tertiary/aromatic N) is 4. The Morgan fingerprint density at radius 3 is 1.07 bits per heavy atom. The lowest BCUT2D eigenvalue weighted by atomic mass is 9.76. The van der Waals surface area contributed by atoms with Crippen LogP contribution in [0.1, 0.15) is 33.1 Å². The molecule has 1 rings (SSSR count). The number of hydrazine groups is 1. The van der Waals surface area contributed by atoms with Crippen molar-refractivity contribution in [3.63, 3.8) is 0 Å². The maximum atomic E-state index is 11.0. The first-order valence-corrected chi connectivity index (χ1v) is 25.8. The van der Waals surface area contributed by atoms with Gasteiger partial charge in [0.1, 0.15) is 0 Å². The number of nitrogens with one attached hydrogen (secondary N) is 4. The highest BCUT2D eigenvalue weighted by molar-refractivity contribution is 4.83. The summed E-state index contributed by atoms with van der Waals surface area (Å²) in [5.41, 5.74) is 39.5. The highest BCUT2D eigenvalue weighted by Crippen LogP contribution is 2.34. The van der Waals surface area contributed by atoms with E-state index in [9.17, 15) is 15.3 Å². The van der Waals surface area contributed by atoms with Crippen molar-refractivity contribution in [2.45, 2.75) is 51.4 Å². The van der Waals surface area contributed by atoms with Crippen LogP contribution < -0.4 is 67.2 Å². The quantitative estimate of drug-likeness (QED) is 0.0153. The standard InChI is InChI=1S/C43H102N16O7.C2H6/c44-4-15-56(16-5-45)22-11-52-26-39(38-2-1-3-38)30-63-34-43(37-66-33-42(62)29-55-14-25-59(51)21-10-50,35-64-31-40(60)27-53-12-23-57(17-6-46)18-7-47)36-65-32-41(61)28-54-13-24-58(19-8-48)20-9-49;1-2/h38-42,52-55,60-62H,1-37,44-51H2;1-2H3. The number of aliphatic hydroxyl groups is 3. The molecule has 0 aromatic rings. The summed E-state index contributed by atoms with van der Waals surface area (Å²) >= 11 is 0. The largest absolute Gasteiger partial charge is 0.389 e. The Morgan fingerprint density at radius 2 is 0.765 bits per heavy atom. The smallest absolute Gasteiger partial charge is 0.0897 e. The second-order valence-electron chi connectivity index (χ2n) is 17.9. The number of ether oxygens (including phenoxy) is 4. The summed E-state index contributed by atoms with van der Waals surface area (Å²) in [6.45, 7) is 22.0.